The Bertz CT molecular complexity index is 711. The molecule has 0 aromatic carbocycles. The molecule has 0 saturated heterocycles. The Morgan fingerprint density at radius 3 is 2.62 bits per heavy atom. The molecule has 1 aromatic rings. The quantitative estimate of drug-likeness (QED) is 0.638. The van der Waals surface area contributed by atoms with Gasteiger partial charge in [-0.3, -0.25) is 9.59 Å². The fourth-order valence-corrected chi connectivity index (χ4v) is 4.63. The number of primary amides is 1. The molecule has 0 aliphatic heterocycles. The number of nitrogens with two attached hydrogens (primary N) is 1. The number of nitrogens with one attached hydrogen (secondary N) is 1. The van der Waals surface area contributed by atoms with Gasteiger partial charge in [0, 0.05) is 4.88 Å². The number of carboxylic acid groups (broad SMARTS) is 1. The van der Waals surface area contributed by atoms with E-state index in [9.17, 15) is 14.4 Å². The number of carboxylic acids is 1. The van der Waals surface area contributed by atoms with Gasteiger partial charge in [-0.05, 0) is 36.2 Å². The minimum atomic E-state index is -1.15. The van der Waals surface area contributed by atoms with Crippen LogP contribution in [0.15, 0.2) is 0 Å². The van der Waals surface area contributed by atoms with Gasteiger partial charge in [0.15, 0.2) is 0 Å². The highest BCUT2D eigenvalue weighted by molar-refractivity contribution is 7.17. The maximum atomic E-state index is 12.0. The number of amides is 2. The van der Waals surface area contributed by atoms with Crippen LogP contribution in [0.3, 0.4) is 0 Å². The number of hydrogen-bond donors (Lipinski definition) is 3. The Morgan fingerprint density at radius 2 is 2.04 bits per heavy atom. The first-order valence-electron chi connectivity index (χ1n) is 8.69. The third-order valence-electron chi connectivity index (χ3n) is 5.24. The molecule has 8 heteroatoms. The number of hydrogen-bond acceptors (Lipinski definition) is 5. The second-order valence-electron chi connectivity index (χ2n) is 7.29. The maximum absolute atomic E-state index is 12.0. The van der Waals surface area contributed by atoms with E-state index in [2.05, 4.69) is 26.1 Å². The van der Waals surface area contributed by atoms with Crippen LogP contribution in [-0.2, 0) is 27.2 Å². The summed E-state index contributed by atoms with van der Waals surface area (Å²) in [5.41, 5.74) is 7.08. The zero-order chi connectivity index (χ0) is 19.5. The molecular weight excluding hydrogens is 356 g/mol. The summed E-state index contributed by atoms with van der Waals surface area (Å²) < 4.78 is 4.78. The van der Waals surface area contributed by atoms with Crippen molar-refractivity contribution >= 4 is 34.1 Å². The molecule has 1 aliphatic carbocycles. The monoisotopic (exact) mass is 382 g/mol. The molecule has 0 saturated carbocycles. The average Bonchev–Trinajstić information content (AvgIpc) is 2.91. The molecule has 0 unspecified atom stereocenters. The molecule has 1 atom stereocenters. The van der Waals surface area contributed by atoms with Crippen LogP contribution in [0.1, 0.15) is 54.4 Å². The zero-order valence-electron chi connectivity index (χ0n) is 15.4. The molecule has 1 aliphatic rings. The summed E-state index contributed by atoms with van der Waals surface area (Å²) in [6, 6.07) is 0. The van der Waals surface area contributed by atoms with Gasteiger partial charge in [-0.2, -0.15) is 0 Å². The predicted octanol–water partition coefficient (Wildman–Crippen LogP) is 2.43. The summed E-state index contributed by atoms with van der Waals surface area (Å²) in [6.45, 7) is 5.76. The predicted molar refractivity (Wildman–Crippen MR) is 99.5 cm³/mol. The Balaban J connectivity index is 2.18. The van der Waals surface area contributed by atoms with E-state index in [1.54, 1.807) is 0 Å². The second kappa shape index (κ2) is 8.18. The highest BCUT2D eigenvalue weighted by Crippen LogP contribution is 2.45. The first kappa shape index (κ1) is 20.4. The van der Waals surface area contributed by atoms with E-state index in [4.69, 9.17) is 15.6 Å². The number of anilines is 1. The summed E-state index contributed by atoms with van der Waals surface area (Å²) >= 11 is 1.38. The topological polar surface area (TPSA) is 119 Å². The van der Waals surface area contributed by atoms with E-state index >= 15 is 0 Å². The molecular formula is C18H26N2O5S. The van der Waals surface area contributed by atoms with Crippen LogP contribution in [0.2, 0.25) is 0 Å². The molecule has 26 heavy (non-hydrogen) atoms. The molecule has 1 aromatic heterocycles. The first-order valence-corrected chi connectivity index (χ1v) is 9.51. The fourth-order valence-electron chi connectivity index (χ4n) is 3.28. The fraction of sp³-hybridized carbons (Fsp3) is 0.611. The number of carbonyl (C=O) groups excluding carboxylic acids is 2. The number of fused-ring (bicyclic) bond motifs is 1. The molecule has 0 spiro atoms. The summed E-state index contributed by atoms with van der Waals surface area (Å²) in [6.07, 6.45) is 3.70. The molecule has 4 N–H and O–H groups in total. The van der Waals surface area contributed by atoms with Crippen LogP contribution < -0.4 is 11.1 Å². The standard InChI is InChI=1S/C18H26N2O5S/c1-4-18(2,3)10-5-6-11-12(7-10)26-17(15(11)16(19)24)20-13(21)8-25-9-14(22)23/h10H,4-9H2,1-3H3,(H2,19,24)(H,20,21)(H,22,23)/t10-/m0/s1. The Hall–Kier alpha value is -1.93. The van der Waals surface area contributed by atoms with E-state index in [1.807, 2.05) is 0 Å². The van der Waals surface area contributed by atoms with E-state index in [-0.39, 0.29) is 5.41 Å². The van der Waals surface area contributed by atoms with Gasteiger partial charge in [-0.25, -0.2) is 4.79 Å². The van der Waals surface area contributed by atoms with E-state index in [1.165, 1.54) is 11.3 Å². The molecule has 144 valence electrons. The zero-order valence-corrected chi connectivity index (χ0v) is 16.2. The summed E-state index contributed by atoms with van der Waals surface area (Å²) in [7, 11) is 0. The van der Waals surface area contributed by atoms with Gasteiger partial charge < -0.3 is 20.9 Å². The molecule has 2 rings (SSSR count). The molecule has 7 nitrogen and oxygen atoms in total. The normalized spacial score (nSPS) is 16.8. The first-order chi connectivity index (χ1) is 12.2. The lowest BCUT2D eigenvalue weighted by atomic mass is 9.69. The third kappa shape index (κ3) is 4.62. The number of rotatable bonds is 8. The molecule has 0 radical (unpaired) electrons. The van der Waals surface area contributed by atoms with Crippen LogP contribution in [0, 0.1) is 11.3 Å². The van der Waals surface area contributed by atoms with Crippen molar-refractivity contribution in [3.05, 3.63) is 16.0 Å². The minimum absolute atomic E-state index is 0.211. The SMILES string of the molecule is CCC(C)(C)[C@H]1CCc2c(sc(NC(=O)COCC(=O)O)c2C(N)=O)C1. The molecule has 2 amide bonds. The van der Waals surface area contributed by atoms with Gasteiger partial charge in [0.2, 0.25) is 0 Å². The lowest BCUT2D eigenvalue weighted by Crippen LogP contribution is -2.29. The Labute approximate surface area is 156 Å². The summed E-state index contributed by atoms with van der Waals surface area (Å²) in [5, 5.41) is 11.6. The highest BCUT2D eigenvalue weighted by Gasteiger charge is 2.34. The van der Waals surface area contributed by atoms with Crippen LogP contribution in [0.5, 0.6) is 0 Å². The molecule has 0 fully saturated rings. The summed E-state index contributed by atoms with van der Waals surface area (Å²) in [5.74, 6) is -1.69. The minimum Gasteiger partial charge on any atom is -0.480 e. The largest absolute Gasteiger partial charge is 0.480 e. The van der Waals surface area contributed by atoms with Crippen molar-refractivity contribution in [1.29, 1.82) is 0 Å². The van der Waals surface area contributed by atoms with Crippen molar-refractivity contribution in [1.82, 2.24) is 0 Å². The third-order valence-corrected chi connectivity index (χ3v) is 6.41. The van der Waals surface area contributed by atoms with Gasteiger partial charge in [0.1, 0.15) is 18.2 Å². The maximum Gasteiger partial charge on any atom is 0.329 e. The Kier molecular flexibility index (Phi) is 6.41. The number of aliphatic carboxylic acids is 1. The van der Waals surface area contributed by atoms with Crippen LogP contribution in [0.4, 0.5) is 5.00 Å². The highest BCUT2D eigenvalue weighted by atomic mass is 32.1. The van der Waals surface area contributed by atoms with Gasteiger partial charge in [0.05, 0.1) is 5.56 Å². The number of carbonyl (C=O) groups is 3. The van der Waals surface area contributed by atoms with E-state index in [0.29, 0.717) is 16.5 Å². The number of ether oxygens (including phenoxy) is 1. The van der Waals surface area contributed by atoms with Crippen molar-refractivity contribution in [3.8, 4) is 0 Å². The van der Waals surface area contributed by atoms with Gasteiger partial charge >= 0.3 is 5.97 Å². The lowest BCUT2D eigenvalue weighted by Gasteiger charge is -2.36. The smallest absolute Gasteiger partial charge is 0.329 e. The van der Waals surface area contributed by atoms with E-state index < -0.39 is 31.0 Å². The van der Waals surface area contributed by atoms with Gasteiger partial charge in [-0.1, -0.05) is 27.2 Å². The molecule has 0 bridgehead atoms. The van der Waals surface area contributed by atoms with Gasteiger partial charge in [0.25, 0.3) is 11.8 Å². The van der Waals surface area contributed by atoms with Crippen molar-refractivity contribution < 1.29 is 24.2 Å². The number of thiophene rings is 1. The summed E-state index contributed by atoms with van der Waals surface area (Å²) in [4.78, 5) is 35.5. The second-order valence-corrected chi connectivity index (χ2v) is 8.39. The van der Waals surface area contributed by atoms with Crippen molar-refractivity contribution in [2.24, 2.45) is 17.1 Å². The van der Waals surface area contributed by atoms with Crippen molar-refractivity contribution in [2.75, 3.05) is 18.5 Å². The lowest BCUT2D eigenvalue weighted by molar-refractivity contribution is -0.143. The van der Waals surface area contributed by atoms with Crippen LogP contribution in [0.25, 0.3) is 0 Å². The van der Waals surface area contributed by atoms with Crippen molar-refractivity contribution in [3.63, 3.8) is 0 Å². The Morgan fingerprint density at radius 1 is 1.35 bits per heavy atom. The van der Waals surface area contributed by atoms with Crippen LogP contribution >= 0.6 is 11.3 Å². The average molecular weight is 382 g/mol. The van der Waals surface area contributed by atoms with Crippen molar-refractivity contribution in [2.45, 2.75) is 46.5 Å². The molecule has 1 heterocycles. The van der Waals surface area contributed by atoms with Crippen LogP contribution in [-0.4, -0.2) is 36.1 Å². The van der Waals surface area contributed by atoms with E-state index in [0.717, 1.165) is 36.1 Å². The van der Waals surface area contributed by atoms with Gasteiger partial charge in [-0.15, -0.1) is 11.3 Å².